The number of likely N-dealkylation sites (N-methyl/N-ethyl adjacent to an activating group) is 1. The van der Waals surface area contributed by atoms with Crippen LogP contribution >= 0.6 is 0 Å². The highest BCUT2D eigenvalue weighted by Crippen LogP contribution is 2.03. The number of aryl methyl sites for hydroxylation is 1. The number of hydrogen-bond acceptors (Lipinski definition) is 6. The fraction of sp³-hybridized carbons (Fsp3) is 0.462. The summed E-state index contributed by atoms with van der Waals surface area (Å²) < 4.78 is 6.39. The molecule has 8 heteroatoms. The quantitative estimate of drug-likeness (QED) is 0.743. The van der Waals surface area contributed by atoms with Gasteiger partial charge in [-0.2, -0.15) is 4.98 Å². The number of esters is 1. The summed E-state index contributed by atoms with van der Waals surface area (Å²) in [4.78, 5) is 33.2. The highest BCUT2D eigenvalue weighted by atomic mass is 16.5. The van der Waals surface area contributed by atoms with E-state index < -0.39 is 5.97 Å². The van der Waals surface area contributed by atoms with Gasteiger partial charge in [0.2, 0.25) is 0 Å². The van der Waals surface area contributed by atoms with E-state index in [9.17, 15) is 9.59 Å². The standard InChI is InChI=1S/C13H17N5O3/c1-4-17(5-2)10(19)8-21-12(20)11-15-13-14-7-6-9(3)18(13)16-11/h6-7H,4-5,8H2,1-3H3. The molecular weight excluding hydrogens is 274 g/mol. The highest BCUT2D eigenvalue weighted by molar-refractivity contribution is 5.88. The van der Waals surface area contributed by atoms with Crippen molar-refractivity contribution >= 4 is 17.7 Å². The van der Waals surface area contributed by atoms with E-state index in [2.05, 4.69) is 15.1 Å². The normalized spacial score (nSPS) is 10.6. The summed E-state index contributed by atoms with van der Waals surface area (Å²) >= 11 is 0. The second kappa shape index (κ2) is 6.29. The first-order chi connectivity index (χ1) is 10.1. The van der Waals surface area contributed by atoms with Crippen LogP contribution in [0.15, 0.2) is 12.3 Å². The van der Waals surface area contributed by atoms with Crippen LogP contribution in [-0.2, 0) is 9.53 Å². The van der Waals surface area contributed by atoms with Gasteiger partial charge in [0, 0.05) is 25.0 Å². The molecule has 0 aromatic carbocycles. The topological polar surface area (TPSA) is 89.7 Å². The van der Waals surface area contributed by atoms with Crippen LogP contribution in [0.3, 0.4) is 0 Å². The van der Waals surface area contributed by atoms with Gasteiger partial charge >= 0.3 is 5.97 Å². The summed E-state index contributed by atoms with van der Waals surface area (Å²) in [5, 5.41) is 4.02. The highest BCUT2D eigenvalue weighted by Gasteiger charge is 2.18. The monoisotopic (exact) mass is 291 g/mol. The van der Waals surface area contributed by atoms with E-state index >= 15 is 0 Å². The molecule has 0 aliphatic rings. The van der Waals surface area contributed by atoms with E-state index in [-0.39, 0.29) is 18.3 Å². The molecule has 112 valence electrons. The van der Waals surface area contributed by atoms with Crippen molar-refractivity contribution in [2.45, 2.75) is 20.8 Å². The van der Waals surface area contributed by atoms with Crippen molar-refractivity contribution in [2.24, 2.45) is 0 Å². The molecule has 8 nitrogen and oxygen atoms in total. The second-order valence-corrected chi connectivity index (χ2v) is 4.38. The average molecular weight is 291 g/mol. The molecule has 0 radical (unpaired) electrons. The van der Waals surface area contributed by atoms with E-state index in [1.54, 1.807) is 17.2 Å². The van der Waals surface area contributed by atoms with Gasteiger partial charge in [-0.05, 0) is 26.8 Å². The van der Waals surface area contributed by atoms with Crippen LogP contribution in [0.25, 0.3) is 5.78 Å². The molecule has 0 saturated heterocycles. The average Bonchev–Trinajstić information content (AvgIpc) is 2.91. The fourth-order valence-electron chi connectivity index (χ4n) is 1.85. The van der Waals surface area contributed by atoms with Gasteiger partial charge in [-0.1, -0.05) is 0 Å². The van der Waals surface area contributed by atoms with Crippen molar-refractivity contribution < 1.29 is 14.3 Å². The lowest BCUT2D eigenvalue weighted by atomic mass is 10.4. The number of nitrogens with zero attached hydrogens (tertiary/aromatic N) is 5. The molecule has 0 atom stereocenters. The van der Waals surface area contributed by atoms with Crippen molar-refractivity contribution in [3.8, 4) is 0 Å². The number of aromatic nitrogens is 4. The van der Waals surface area contributed by atoms with Crippen molar-refractivity contribution in [2.75, 3.05) is 19.7 Å². The lowest BCUT2D eigenvalue weighted by Crippen LogP contribution is -2.34. The fourth-order valence-corrected chi connectivity index (χ4v) is 1.85. The molecule has 0 bridgehead atoms. The minimum atomic E-state index is -0.736. The zero-order valence-corrected chi connectivity index (χ0v) is 12.2. The van der Waals surface area contributed by atoms with Crippen molar-refractivity contribution in [3.05, 3.63) is 23.8 Å². The van der Waals surface area contributed by atoms with Crippen molar-refractivity contribution in [3.63, 3.8) is 0 Å². The van der Waals surface area contributed by atoms with E-state index in [0.29, 0.717) is 18.9 Å². The maximum Gasteiger partial charge on any atom is 0.378 e. The maximum absolute atomic E-state index is 11.9. The number of carbonyl (C=O) groups excluding carboxylic acids is 2. The number of hydrogen-bond donors (Lipinski definition) is 0. The Kier molecular flexibility index (Phi) is 4.46. The predicted octanol–water partition coefficient (Wildman–Crippen LogP) is 0.458. The van der Waals surface area contributed by atoms with Gasteiger partial charge in [-0.15, -0.1) is 5.10 Å². The van der Waals surface area contributed by atoms with E-state index in [0.717, 1.165) is 5.69 Å². The Morgan fingerprint density at radius 1 is 1.33 bits per heavy atom. The van der Waals surface area contributed by atoms with Gasteiger partial charge in [0.05, 0.1) is 0 Å². The van der Waals surface area contributed by atoms with Crippen LogP contribution in [0.1, 0.15) is 30.2 Å². The summed E-state index contributed by atoms with van der Waals surface area (Å²) in [7, 11) is 0. The zero-order valence-electron chi connectivity index (χ0n) is 12.2. The van der Waals surface area contributed by atoms with Gasteiger partial charge in [0.1, 0.15) is 0 Å². The molecule has 2 heterocycles. The smallest absolute Gasteiger partial charge is 0.378 e. The van der Waals surface area contributed by atoms with Crippen LogP contribution < -0.4 is 0 Å². The van der Waals surface area contributed by atoms with Gasteiger partial charge < -0.3 is 9.64 Å². The van der Waals surface area contributed by atoms with Crippen LogP contribution in [0.2, 0.25) is 0 Å². The first-order valence-corrected chi connectivity index (χ1v) is 6.70. The van der Waals surface area contributed by atoms with Gasteiger partial charge in [0.15, 0.2) is 6.61 Å². The lowest BCUT2D eigenvalue weighted by Gasteiger charge is -2.17. The summed E-state index contributed by atoms with van der Waals surface area (Å²) in [5.41, 5.74) is 0.797. The first kappa shape index (κ1) is 14.9. The lowest BCUT2D eigenvalue weighted by molar-refractivity contribution is -0.134. The molecular formula is C13H17N5O3. The summed E-state index contributed by atoms with van der Waals surface area (Å²) in [6.07, 6.45) is 1.58. The predicted molar refractivity (Wildman–Crippen MR) is 73.7 cm³/mol. The summed E-state index contributed by atoms with van der Waals surface area (Å²) in [6, 6.07) is 1.75. The number of carbonyl (C=O) groups is 2. The Balaban J connectivity index is 2.06. The van der Waals surface area contributed by atoms with Crippen molar-refractivity contribution in [1.29, 1.82) is 0 Å². The SMILES string of the molecule is CCN(CC)C(=O)COC(=O)c1nc2nccc(C)n2n1. The number of amides is 1. The summed E-state index contributed by atoms with van der Waals surface area (Å²) in [6.45, 7) is 6.37. The van der Waals surface area contributed by atoms with E-state index in [1.807, 2.05) is 20.8 Å². The van der Waals surface area contributed by atoms with E-state index in [4.69, 9.17) is 4.74 Å². The Bertz CT molecular complexity index is 663. The van der Waals surface area contributed by atoms with Gasteiger partial charge in [0.25, 0.3) is 17.5 Å². The number of rotatable bonds is 5. The van der Waals surface area contributed by atoms with Crippen LogP contribution in [0.4, 0.5) is 0 Å². The van der Waals surface area contributed by atoms with Crippen LogP contribution in [0.5, 0.6) is 0 Å². The molecule has 0 N–H and O–H groups in total. The number of ether oxygens (including phenoxy) is 1. The molecule has 2 aromatic rings. The molecule has 0 fully saturated rings. The maximum atomic E-state index is 11.9. The van der Waals surface area contributed by atoms with Gasteiger partial charge in [-0.3, -0.25) is 4.79 Å². The zero-order chi connectivity index (χ0) is 15.4. The molecule has 1 amide bonds. The van der Waals surface area contributed by atoms with Crippen molar-refractivity contribution in [1.82, 2.24) is 24.5 Å². The van der Waals surface area contributed by atoms with Crippen LogP contribution in [-0.4, -0.2) is 56.1 Å². The third-order valence-electron chi connectivity index (χ3n) is 3.06. The molecule has 0 aliphatic carbocycles. The molecule has 0 spiro atoms. The van der Waals surface area contributed by atoms with Gasteiger partial charge in [-0.25, -0.2) is 14.3 Å². The first-order valence-electron chi connectivity index (χ1n) is 6.70. The van der Waals surface area contributed by atoms with Crippen LogP contribution in [0, 0.1) is 6.92 Å². The van der Waals surface area contributed by atoms with E-state index in [1.165, 1.54) is 4.52 Å². The third-order valence-corrected chi connectivity index (χ3v) is 3.06. The minimum Gasteiger partial charge on any atom is -0.450 e. The molecule has 21 heavy (non-hydrogen) atoms. The Labute approximate surface area is 121 Å². The third kappa shape index (κ3) is 3.15. The number of fused-ring (bicyclic) bond motifs is 1. The molecule has 2 rings (SSSR count). The minimum absolute atomic E-state index is 0.107. The molecule has 0 saturated carbocycles. The molecule has 0 unspecified atom stereocenters. The molecule has 2 aromatic heterocycles. The Hall–Kier alpha value is -2.51. The Morgan fingerprint density at radius 2 is 2.05 bits per heavy atom. The largest absolute Gasteiger partial charge is 0.450 e. The summed E-state index contributed by atoms with van der Waals surface area (Å²) in [5.74, 6) is -0.770. The Morgan fingerprint density at radius 3 is 2.67 bits per heavy atom. The second-order valence-electron chi connectivity index (χ2n) is 4.38. The molecule has 0 aliphatic heterocycles.